The van der Waals surface area contributed by atoms with Gasteiger partial charge in [0.1, 0.15) is 5.82 Å². The molecular formula is C17H17FN2O3. The first-order valence-corrected chi connectivity index (χ1v) is 7.11. The van der Waals surface area contributed by atoms with E-state index in [9.17, 15) is 14.0 Å². The number of amides is 2. The van der Waals surface area contributed by atoms with Gasteiger partial charge in [0.15, 0.2) is 0 Å². The minimum atomic E-state index is -0.528. The molecule has 0 spiro atoms. The van der Waals surface area contributed by atoms with Gasteiger partial charge in [0.25, 0.3) is 0 Å². The Morgan fingerprint density at radius 3 is 2.61 bits per heavy atom. The molecule has 0 fully saturated rings. The Kier molecular flexibility index (Phi) is 5.30. The number of ether oxygens (including phenoxy) is 1. The van der Waals surface area contributed by atoms with Gasteiger partial charge < -0.3 is 15.4 Å². The normalized spacial score (nSPS) is 10.0. The molecule has 6 heteroatoms. The number of esters is 1. The molecule has 0 saturated heterocycles. The van der Waals surface area contributed by atoms with Crippen LogP contribution in [0.4, 0.5) is 20.6 Å². The monoisotopic (exact) mass is 316 g/mol. The van der Waals surface area contributed by atoms with Crippen LogP contribution in [0.1, 0.15) is 22.8 Å². The summed E-state index contributed by atoms with van der Waals surface area (Å²) < 4.78 is 18.4. The van der Waals surface area contributed by atoms with Crippen LogP contribution in [0, 0.1) is 12.7 Å². The second-order valence-corrected chi connectivity index (χ2v) is 4.79. The summed E-state index contributed by atoms with van der Waals surface area (Å²) in [5, 5.41) is 5.16. The van der Waals surface area contributed by atoms with Gasteiger partial charge in [-0.2, -0.15) is 0 Å². The average Bonchev–Trinajstić information content (AvgIpc) is 2.52. The van der Waals surface area contributed by atoms with Crippen LogP contribution < -0.4 is 10.6 Å². The maximum absolute atomic E-state index is 13.4. The van der Waals surface area contributed by atoms with Gasteiger partial charge in [-0.25, -0.2) is 14.0 Å². The predicted molar refractivity (Wildman–Crippen MR) is 86.2 cm³/mol. The number of rotatable bonds is 4. The first-order valence-electron chi connectivity index (χ1n) is 7.11. The molecule has 120 valence electrons. The quantitative estimate of drug-likeness (QED) is 0.839. The molecule has 23 heavy (non-hydrogen) atoms. The van der Waals surface area contributed by atoms with Crippen molar-refractivity contribution in [3.63, 3.8) is 0 Å². The van der Waals surface area contributed by atoms with Crippen molar-refractivity contribution in [1.82, 2.24) is 0 Å². The smallest absolute Gasteiger partial charge is 0.338 e. The fourth-order valence-electron chi connectivity index (χ4n) is 1.97. The summed E-state index contributed by atoms with van der Waals surface area (Å²) in [6.45, 7) is 3.57. The van der Waals surface area contributed by atoms with E-state index in [0.29, 0.717) is 22.5 Å². The van der Waals surface area contributed by atoms with Gasteiger partial charge in [0.05, 0.1) is 12.2 Å². The molecule has 5 nitrogen and oxygen atoms in total. The van der Waals surface area contributed by atoms with Crippen molar-refractivity contribution in [2.75, 3.05) is 17.2 Å². The van der Waals surface area contributed by atoms with Crippen LogP contribution in [0.15, 0.2) is 42.5 Å². The average molecular weight is 316 g/mol. The summed E-state index contributed by atoms with van der Waals surface area (Å²) in [6, 6.07) is 10.3. The van der Waals surface area contributed by atoms with Crippen molar-refractivity contribution in [3.8, 4) is 0 Å². The molecule has 0 radical (unpaired) electrons. The summed E-state index contributed by atoms with van der Waals surface area (Å²) in [5.74, 6) is -0.857. The van der Waals surface area contributed by atoms with Gasteiger partial charge in [0, 0.05) is 16.9 Å². The lowest BCUT2D eigenvalue weighted by atomic mass is 10.2. The molecular weight excluding hydrogens is 299 g/mol. The Morgan fingerprint density at radius 1 is 1.13 bits per heavy atom. The van der Waals surface area contributed by atoms with Crippen LogP contribution in [0.25, 0.3) is 0 Å². The maximum Gasteiger partial charge on any atom is 0.338 e. The lowest BCUT2D eigenvalue weighted by Crippen LogP contribution is -2.20. The molecule has 2 N–H and O–H groups in total. The van der Waals surface area contributed by atoms with E-state index in [2.05, 4.69) is 10.6 Å². The largest absolute Gasteiger partial charge is 0.462 e. The van der Waals surface area contributed by atoms with Crippen molar-refractivity contribution in [2.24, 2.45) is 0 Å². The minimum absolute atomic E-state index is 0.274. The van der Waals surface area contributed by atoms with Crippen LogP contribution in [0.5, 0.6) is 0 Å². The zero-order valence-electron chi connectivity index (χ0n) is 12.9. The Morgan fingerprint density at radius 2 is 1.87 bits per heavy atom. The summed E-state index contributed by atoms with van der Waals surface area (Å²) in [5.41, 5.74) is 1.50. The molecule has 2 amide bonds. The number of hydrogen-bond acceptors (Lipinski definition) is 3. The van der Waals surface area contributed by atoms with E-state index in [-0.39, 0.29) is 6.61 Å². The number of urea groups is 1. The van der Waals surface area contributed by atoms with Gasteiger partial charge in [-0.05, 0) is 44.2 Å². The number of benzene rings is 2. The summed E-state index contributed by atoms with van der Waals surface area (Å²) >= 11 is 0. The first kappa shape index (κ1) is 16.5. The molecule has 0 atom stereocenters. The molecule has 0 aromatic heterocycles. The molecule has 0 heterocycles. The molecule has 0 aliphatic heterocycles. The molecule has 2 rings (SSSR count). The zero-order chi connectivity index (χ0) is 16.8. The van der Waals surface area contributed by atoms with E-state index in [4.69, 9.17) is 4.74 Å². The molecule has 0 bridgehead atoms. The third-order valence-corrected chi connectivity index (χ3v) is 3.15. The van der Waals surface area contributed by atoms with Gasteiger partial charge in [-0.1, -0.05) is 12.1 Å². The minimum Gasteiger partial charge on any atom is -0.462 e. The van der Waals surface area contributed by atoms with Crippen LogP contribution in [-0.4, -0.2) is 18.6 Å². The second-order valence-electron chi connectivity index (χ2n) is 4.79. The van der Waals surface area contributed by atoms with Gasteiger partial charge >= 0.3 is 12.0 Å². The number of anilines is 2. The lowest BCUT2D eigenvalue weighted by Gasteiger charge is -2.11. The van der Waals surface area contributed by atoms with E-state index in [1.165, 1.54) is 18.2 Å². The Bertz CT molecular complexity index is 732. The lowest BCUT2D eigenvalue weighted by molar-refractivity contribution is 0.0526. The van der Waals surface area contributed by atoms with E-state index in [1.807, 2.05) is 0 Å². The van der Waals surface area contributed by atoms with Crippen molar-refractivity contribution >= 4 is 23.4 Å². The van der Waals surface area contributed by atoms with Crippen LogP contribution in [0.3, 0.4) is 0 Å². The predicted octanol–water partition coefficient (Wildman–Crippen LogP) is 3.95. The highest BCUT2D eigenvalue weighted by molar-refractivity contribution is 6.01. The standard InChI is InChI=1S/C17H17FN2O3/c1-3-23-16(21)12-6-4-7-13(10-12)19-17(22)20-15-9-5-8-14(18)11(15)2/h4-10H,3H2,1-2H3,(H2,19,20,22). The summed E-state index contributed by atoms with van der Waals surface area (Å²) in [4.78, 5) is 23.7. The Balaban J connectivity index is 2.07. The highest BCUT2D eigenvalue weighted by Crippen LogP contribution is 2.18. The van der Waals surface area contributed by atoms with Crippen LogP contribution >= 0.6 is 0 Å². The maximum atomic E-state index is 13.4. The van der Waals surface area contributed by atoms with E-state index >= 15 is 0 Å². The van der Waals surface area contributed by atoms with Crippen molar-refractivity contribution in [2.45, 2.75) is 13.8 Å². The van der Waals surface area contributed by atoms with Crippen molar-refractivity contribution < 1.29 is 18.7 Å². The van der Waals surface area contributed by atoms with Gasteiger partial charge in [0.2, 0.25) is 0 Å². The van der Waals surface area contributed by atoms with Crippen molar-refractivity contribution in [1.29, 1.82) is 0 Å². The van der Waals surface area contributed by atoms with Crippen molar-refractivity contribution in [3.05, 3.63) is 59.4 Å². The molecule has 2 aromatic carbocycles. The zero-order valence-corrected chi connectivity index (χ0v) is 12.9. The Labute approximate surface area is 133 Å². The van der Waals surface area contributed by atoms with E-state index < -0.39 is 17.8 Å². The van der Waals surface area contributed by atoms with E-state index in [0.717, 1.165) is 0 Å². The molecule has 0 aliphatic carbocycles. The highest BCUT2D eigenvalue weighted by Gasteiger charge is 2.10. The van der Waals surface area contributed by atoms with Crippen LogP contribution in [-0.2, 0) is 4.74 Å². The second kappa shape index (κ2) is 7.40. The number of hydrogen-bond donors (Lipinski definition) is 2. The van der Waals surface area contributed by atoms with E-state index in [1.54, 1.807) is 38.1 Å². The van der Waals surface area contributed by atoms with Crippen LogP contribution in [0.2, 0.25) is 0 Å². The summed E-state index contributed by atoms with van der Waals surface area (Å²) in [7, 11) is 0. The molecule has 2 aromatic rings. The number of halogens is 1. The Hall–Kier alpha value is -2.89. The van der Waals surface area contributed by atoms with Gasteiger partial charge in [-0.15, -0.1) is 0 Å². The third kappa shape index (κ3) is 4.29. The fourth-order valence-corrected chi connectivity index (χ4v) is 1.97. The summed E-state index contributed by atoms with van der Waals surface area (Å²) in [6.07, 6.45) is 0. The molecule has 0 unspecified atom stereocenters. The fraction of sp³-hybridized carbons (Fsp3) is 0.176. The number of carbonyl (C=O) groups is 2. The molecule has 0 aliphatic rings. The number of nitrogens with one attached hydrogen (secondary N) is 2. The SMILES string of the molecule is CCOC(=O)c1cccc(NC(=O)Nc2cccc(F)c2C)c1. The third-order valence-electron chi connectivity index (χ3n) is 3.15. The van der Waals surface area contributed by atoms with Gasteiger partial charge in [-0.3, -0.25) is 0 Å². The number of carbonyl (C=O) groups excluding carboxylic acids is 2. The molecule has 0 saturated carbocycles. The highest BCUT2D eigenvalue weighted by atomic mass is 19.1. The topological polar surface area (TPSA) is 67.4 Å². The first-order chi connectivity index (χ1) is 11.0.